The number of nitrogens with one attached hydrogen (secondary N) is 1. The second kappa shape index (κ2) is 9.82. The zero-order valence-electron chi connectivity index (χ0n) is 18.2. The molecule has 1 fully saturated rings. The molecule has 1 aliphatic heterocycles. The number of hydrogen-bond donors (Lipinski definition) is 1. The highest BCUT2D eigenvalue weighted by atomic mass is 16.5. The van der Waals surface area contributed by atoms with Crippen molar-refractivity contribution in [3.8, 4) is 5.75 Å². The van der Waals surface area contributed by atoms with Crippen LogP contribution in [-0.4, -0.2) is 25.1 Å². The lowest BCUT2D eigenvalue weighted by Gasteiger charge is -2.28. The Labute approximate surface area is 175 Å². The number of benzene rings is 2. The number of aryl methyl sites for hydroxylation is 1. The van der Waals surface area contributed by atoms with Crippen LogP contribution < -0.4 is 15.0 Å². The van der Waals surface area contributed by atoms with Crippen molar-refractivity contribution in [1.29, 1.82) is 0 Å². The summed E-state index contributed by atoms with van der Waals surface area (Å²) in [7, 11) is 0. The lowest BCUT2D eigenvalue weighted by Crippen LogP contribution is -2.36. The number of carbonyl (C=O) groups excluding carboxylic acids is 1. The molecule has 1 aliphatic rings. The number of piperidine rings is 1. The van der Waals surface area contributed by atoms with Crippen LogP contribution in [0.5, 0.6) is 5.75 Å². The number of hydrogen-bond acceptors (Lipinski definition) is 3. The molecule has 4 nitrogen and oxygen atoms in total. The first-order valence-corrected chi connectivity index (χ1v) is 10.8. The van der Waals surface area contributed by atoms with Gasteiger partial charge in [0.1, 0.15) is 5.75 Å². The molecule has 1 heterocycles. The highest BCUT2D eigenvalue weighted by molar-refractivity contribution is 5.80. The molecule has 29 heavy (non-hydrogen) atoms. The largest absolute Gasteiger partial charge is 0.481 e. The van der Waals surface area contributed by atoms with E-state index in [0.717, 1.165) is 35.5 Å². The van der Waals surface area contributed by atoms with Crippen molar-refractivity contribution in [3.63, 3.8) is 0 Å². The number of carbonyl (C=O) groups is 1. The minimum atomic E-state index is -0.540. The SMILES string of the molecule is Cc1ccc(C(C)C)c(OC(C)C(=O)NCc2ccc(N3CCCCC3)cc2)c1. The van der Waals surface area contributed by atoms with Crippen molar-refractivity contribution in [2.24, 2.45) is 0 Å². The summed E-state index contributed by atoms with van der Waals surface area (Å²) in [4.78, 5) is 15.0. The molecule has 0 spiro atoms. The average molecular weight is 395 g/mol. The van der Waals surface area contributed by atoms with E-state index in [4.69, 9.17) is 4.74 Å². The van der Waals surface area contributed by atoms with Gasteiger partial charge in [0, 0.05) is 25.3 Å². The van der Waals surface area contributed by atoms with Crippen LogP contribution >= 0.6 is 0 Å². The number of ether oxygens (including phenoxy) is 1. The van der Waals surface area contributed by atoms with Gasteiger partial charge in [-0.2, -0.15) is 0 Å². The highest BCUT2D eigenvalue weighted by Crippen LogP contribution is 2.28. The van der Waals surface area contributed by atoms with Gasteiger partial charge in [-0.15, -0.1) is 0 Å². The molecule has 0 saturated carbocycles. The summed E-state index contributed by atoms with van der Waals surface area (Å²) in [6.07, 6.45) is 3.34. The van der Waals surface area contributed by atoms with E-state index in [1.807, 2.05) is 13.0 Å². The standard InChI is InChI=1S/C25H34N2O2/c1-18(2)23-13-8-19(3)16-24(23)29-20(4)25(28)26-17-21-9-11-22(12-10-21)27-14-6-5-7-15-27/h8-13,16,18,20H,5-7,14-15,17H2,1-4H3,(H,26,28). The van der Waals surface area contributed by atoms with Gasteiger partial charge >= 0.3 is 0 Å². The fraction of sp³-hybridized carbons (Fsp3) is 0.480. The second-order valence-corrected chi connectivity index (χ2v) is 8.39. The van der Waals surface area contributed by atoms with Crippen LogP contribution in [0, 0.1) is 6.92 Å². The Morgan fingerprint density at radius 3 is 2.38 bits per heavy atom. The van der Waals surface area contributed by atoms with Gasteiger partial charge in [0.25, 0.3) is 5.91 Å². The van der Waals surface area contributed by atoms with Crippen molar-refractivity contribution in [2.75, 3.05) is 18.0 Å². The Morgan fingerprint density at radius 2 is 1.72 bits per heavy atom. The van der Waals surface area contributed by atoms with Crippen LogP contribution in [-0.2, 0) is 11.3 Å². The van der Waals surface area contributed by atoms with Crippen molar-refractivity contribution in [3.05, 3.63) is 59.2 Å². The van der Waals surface area contributed by atoms with E-state index in [2.05, 4.69) is 60.5 Å². The van der Waals surface area contributed by atoms with Crippen molar-refractivity contribution < 1.29 is 9.53 Å². The average Bonchev–Trinajstić information content (AvgIpc) is 2.73. The molecule has 0 bridgehead atoms. The van der Waals surface area contributed by atoms with Gasteiger partial charge in [0.2, 0.25) is 0 Å². The summed E-state index contributed by atoms with van der Waals surface area (Å²) in [5, 5.41) is 3.00. The third-order valence-corrected chi connectivity index (χ3v) is 5.59. The molecule has 156 valence electrons. The van der Waals surface area contributed by atoms with Gasteiger partial charge in [-0.3, -0.25) is 4.79 Å². The summed E-state index contributed by atoms with van der Waals surface area (Å²) in [6, 6.07) is 14.7. The monoisotopic (exact) mass is 394 g/mol. The van der Waals surface area contributed by atoms with Gasteiger partial charge in [-0.25, -0.2) is 0 Å². The van der Waals surface area contributed by atoms with Gasteiger partial charge in [0.05, 0.1) is 0 Å². The predicted octanol–water partition coefficient (Wildman–Crippen LogP) is 5.19. The Balaban J connectivity index is 1.54. The first-order chi connectivity index (χ1) is 13.9. The third-order valence-electron chi connectivity index (χ3n) is 5.59. The van der Waals surface area contributed by atoms with Gasteiger partial charge in [-0.05, 0) is 73.9 Å². The summed E-state index contributed by atoms with van der Waals surface area (Å²) in [6.45, 7) is 10.9. The summed E-state index contributed by atoms with van der Waals surface area (Å²) < 4.78 is 6.02. The predicted molar refractivity (Wildman–Crippen MR) is 120 cm³/mol. The first kappa shape index (κ1) is 21.2. The van der Waals surface area contributed by atoms with Crippen molar-refractivity contribution in [2.45, 2.75) is 65.5 Å². The lowest BCUT2D eigenvalue weighted by atomic mass is 10.0. The van der Waals surface area contributed by atoms with Crippen LogP contribution in [0.15, 0.2) is 42.5 Å². The van der Waals surface area contributed by atoms with E-state index in [9.17, 15) is 4.79 Å². The number of amides is 1. The van der Waals surface area contributed by atoms with Gasteiger partial charge < -0.3 is 15.0 Å². The molecule has 0 aromatic heterocycles. The minimum Gasteiger partial charge on any atom is -0.481 e. The molecule has 1 N–H and O–H groups in total. The maximum Gasteiger partial charge on any atom is 0.261 e. The number of nitrogens with zero attached hydrogens (tertiary/aromatic N) is 1. The molecule has 2 aromatic carbocycles. The molecule has 2 aromatic rings. The Kier molecular flexibility index (Phi) is 7.18. The molecule has 1 unspecified atom stereocenters. The smallest absolute Gasteiger partial charge is 0.261 e. The zero-order chi connectivity index (χ0) is 20.8. The number of anilines is 1. The minimum absolute atomic E-state index is 0.0960. The highest BCUT2D eigenvalue weighted by Gasteiger charge is 2.17. The van der Waals surface area contributed by atoms with E-state index >= 15 is 0 Å². The van der Waals surface area contributed by atoms with Crippen LogP contribution in [0.4, 0.5) is 5.69 Å². The summed E-state index contributed by atoms with van der Waals surface area (Å²) in [5.74, 6) is 1.05. The molecule has 0 radical (unpaired) electrons. The van der Waals surface area contributed by atoms with Crippen molar-refractivity contribution in [1.82, 2.24) is 5.32 Å². The Morgan fingerprint density at radius 1 is 1.03 bits per heavy atom. The molecule has 1 saturated heterocycles. The van der Waals surface area contributed by atoms with Gasteiger partial charge in [0.15, 0.2) is 6.10 Å². The molecule has 3 rings (SSSR count). The Hall–Kier alpha value is -2.49. The molecule has 1 amide bonds. The van der Waals surface area contributed by atoms with E-state index in [-0.39, 0.29) is 5.91 Å². The zero-order valence-corrected chi connectivity index (χ0v) is 18.2. The van der Waals surface area contributed by atoms with Crippen LogP contribution in [0.25, 0.3) is 0 Å². The van der Waals surface area contributed by atoms with E-state index in [0.29, 0.717) is 12.5 Å². The second-order valence-electron chi connectivity index (χ2n) is 8.39. The summed E-state index contributed by atoms with van der Waals surface area (Å²) >= 11 is 0. The molecular formula is C25H34N2O2. The Bertz CT molecular complexity index is 808. The maximum absolute atomic E-state index is 12.6. The fourth-order valence-electron chi connectivity index (χ4n) is 3.77. The van der Waals surface area contributed by atoms with E-state index in [1.54, 1.807) is 6.92 Å². The summed E-state index contributed by atoms with van der Waals surface area (Å²) in [5.41, 5.74) is 4.64. The molecule has 1 atom stereocenters. The molecule has 4 heteroatoms. The maximum atomic E-state index is 12.6. The third kappa shape index (κ3) is 5.75. The fourth-order valence-corrected chi connectivity index (χ4v) is 3.77. The quantitative estimate of drug-likeness (QED) is 0.702. The molecule has 0 aliphatic carbocycles. The molecular weight excluding hydrogens is 360 g/mol. The first-order valence-electron chi connectivity index (χ1n) is 10.8. The van der Waals surface area contributed by atoms with Crippen LogP contribution in [0.1, 0.15) is 62.6 Å². The van der Waals surface area contributed by atoms with Crippen molar-refractivity contribution >= 4 is 11.6 Å². The normalized spacial score (nSPS) is 15.3. The number of rotatable bonds is 7. The van der Waals surface area contributed by atoms with E-state index in [1.165, 1.54) is 24.9 Å². The topological polar surface area (TPSA) is 41.6 Å². The van der Waals surface area contributed by atoms with Gasteiger partial charge in [-0.1, -0.05) is 38.1 Å². The lowest BCUT2D eigenvalue weighted by molar-refractivity contribution is -0.127. The van der Waals surface area contributed by atoms with Crippen LogP contribution in [0.3, 0.4) is 0 Å². The van der Waals surface area contributed by atoms with E-state index < -0.39 is 6.10 Å². The van der Waals surface area contributed by atoms with Crippen LogP contribution in [0.2, 0.25) is 0 Å².